The molecule has 1 aliphatic heterocycles. The van der Waals surface area contributed by atoms with E-state index in [2.05, 4.69) is 156 Å². The Morgan fingerprint density at radius 2 is 1.38 bits per heavy atom. The van der Waals surface area contributed by atoms with Gasteiger partial charge in [-0.15, -0.1) is 42.2 Å². The summed E-state index contributed by atoms with van der Waals surface area (Å²) in [5, 5.41) is 2.12. The molecule has 0 unspecified atom stereocenters. The van der Waals surface area contributed by atoms with E-state index in [-0.39, 0.29) is 21.1 Å². The summed E-state index contributed by atoms with van der Waals surface area (Å²) >= 11 is 0. The minimum absolute atomic E-state index is 0. The van der Waals surface area contributed by atoms with Crippen LogP contribution in [-0.4, -0.2) is 19.1 Å². The van der Waals surface area contributed by atoms with Gasteiger partial charge in [-0.25, -0.2) is 4.98 Å². The van der Waals surface area contributed by atoms with Crippen molar-refractivity contribution in [3.8, 4) is 34.4 Å². The number of imidazole rings is 1. The zero-order valence-corrected chi connectivity index (χ0v) is 33.2. The molecule has 0 saturated carbocycles. The molecule has 0 saturated heterocycles. The molecule has 1 aliphatic rings. The molecule has 0 spiro atoms. The first-order chi connectivity index (χ1) is 27.0. The molecule has 9 aromatic rings. The second-order valence-electron chi connectivity index (χ2n) is 13.9. The van der Waals surface area contributed by atoms with Crippen molar-refractivity contribution in [2.45, 2.75) is 20.8 Å². The molecule has 0 bridgehead atoms. The van der Waals surface area contributed by atoms with Crippen molar-refractivity contribution in [1.82, 2.24) is 19.1 Å². The van der Waals surface area contributed by atoms with Crippen molar-refractivity contribution < 1.29 is 25.8 Å². The van der Waals surface area contributed by atoms with Crippen LogP contribution in [0.1, 0.15) is 16.7 Å². The number of anilines is 4. The Kier molecular flexibility index (Phi) is 9.03. The maximum Gasteiger partial charge on any atom is 0.129 e. The van der Waals surface area contributed by atoms with Crippen molar-refractivity contribution in [2.75, 3.05) is 9.80 Å². The Bertz CT molecular complexity index is 2860. The zero-order valence-electron chi connectivity index (χ0n) is 30.9. The van der Waals surface area contributed by atoms with E-state index in [4.69, 9.17) is 9.72 Å². The summed E-state index contributed by atoms with van der Waals surface area (Å²) in [7, 11) is 0. The van der Waals surface area contributed by atoms with Crippen LogP contribution in [0.25, 0.3) is 44.7 Å². The van der Waals surface area contributed by atoms with E-state index >= 15 is 0 Å². The Morgan fingerprint density at radius 1 is 0.643 bits per heavy atom. The summed E-state index contributed by atoms with van der Waals surface area (Å²) in [6.07, 6.45) is 5.50. The van der Waals surface area contributed by atoms with Crippen LogP contribution in [0.15, 0.2) is 152 Å². The van der Waals surface area contributed by atoms with Crippen molar-refractivity contribution in [1.29, 1.82) is 0 Å². The molecule has 0 N–H and O–H groups in total. The molecular weight excluding hydrogens is 872 g/mol. The average Bonchev–Trinajstić information content (AvgIpc) is 3.94. The molecular formula is C48H35N6OPt-3. The number of benzene rings is 6. The van der Waals surface area contributed by atoms with E-state index in [9.17, 15) is 0 Å². The summed E-state index contributed by atoms with van der Waals surface area (Å²) in [5.41, 5.74) is 11.7. The number of aryl methyl sites for hydroxylation is 3. The Labute approximate surface area is 340 Å². The van der Waals surface area contributed by atoms with E-state index in [1.807, 2.05) is 47.2 Å². The van der Waals surface area contributed by atoms with Crippen molar-refractivity contribution in [2.24, 2.45) is 0 Å². The fraction of sp³-hybridized carbons (Fsp3) is 0.0625. The third-order valence-electron chi connectivity index (χ3n) is 10.2. The SMILES string of the molecule is Cc1cc(C)c(N2[CH-]N(c3[c-]c(Oc4[c-]c(-c5nccn5-c5ccccn5)cc5c6ccccc6n(-c6ccccc6)c45)ccc3)c3ccccc32)c(C)c1.[Pt]. The number of para-hydroxylation sites is 4. The first-order valence-electron chi connectivity index (χ1n) is 18.3. The molecule has 0 fully saturated rings. The summed E-state index contributed by atoms with van der Waals surface area (Å²) in [4.78, 5) is 13.9. The summed E-state index contributed by atoms with van der Waals surface area (Å²) in [6, 6.07) is 53.1. The normalized spacial score (nSPS) is 12.3. The van der Waals surface area contributed by atoms with Gasteiger partial charge < -0.3 is 23.7 Å². The number of rotatable bonds is 7. The van der Waals surface area contributed by atoms with Crippen LogP contribution in [-0.2, 0) is 21.1 Å². The van der Waals surface area contributed by atoms with Crippen LogP contribution < -0.4 is 14.5 Å². The number of hydrogen-bond donors (Lipinski definition) is 0. The van der Waals surface area contributed by atoms with Gasteiger partial charge >= 0.3 is 0 Å². The molecule has 10 rings (SSSR count). The molecule has 56 heavy (non-hydrogen) atoms. The molecule has 0 amide bonds. The maximum atomic E-state index is 6.98. The third-order valence-corrected chi connectivity index (χ3v) is 10.2. The van der Waals surface area contributed by atoms with Gasteiger partial charge in [0.1, 0.15) is 5.82 Å². The van der Waals surface area contributed by atoms with E-state index in [1.54, 1.807) is 12.4 Å². The standard InChI is InChI=1S/C48H35N6O.Pt/c1-32-26-33(2)46(34(3)27-32)53-31-52(42-20-9-10-21-43(42)53)37-16-13-17-38(30-37)55-44-29-35(48-50-24-25-51(48)45-22-11-12-23-49-45)28-40-39-18-7-8-19-41(39)54(47(40)44)36-14-5-4-6-15-36;/h4-28,31H,1-3H3;/q-3;. The van der Waals surface area contributed by atoms with Crippen LogP contribution in [0, 0.1) is 39.6 Å². The fourth-order valence-corrected chi connectivity index (χ4v) is 8.00. The maximum absolute atomic E-state index is 6.98. The van der Waals surface area contributed by atoms with Gasteiger partial charge in [0, 0.05) is 79.2 Å². The number of nitrogens with zero attached hydrogens (tertiary/aromatic N) is 6. The van der Waals surface area contributed by atoms with E-state index in [1.165, 1.54) is 22.4 Å². The Hall–Kier alpha value is -6.43. The van der Waals surface area contributed by atoms with E-state index < -0.39 is 0 Å². The monoisotopic (exact) mass is 906 g/mol. The minimum atomic E-state index is 0. The van der Waals surface area contributed by atoms with Gasteiger partial charge in [0.25, 0.3) is 0 Å². The summed E-state index contributed by atoms with van der Waals surface area (Å²) < 4.78 is 11.2. The summed E-state index contributed by atoms with van der Waals surface area (Å²) in [5.74, 6) is 2.61. The molecule has 7 nitrogen and oxygen atoms in total. The second-order valence-corrected chi connectivity index (χ2v) is 13.9. The first-order valence-corrected chi connectivity index (χ1v) is 18.3. The Morgan fingerprint density at radius 3 is 2.16 bits per heavy atom. The number of fused-ring (bicyclic) bond motifs is 4. The van der Waals surface area contributed by atoms with Crippen LogP contribution in [0.3, 0.4) is 0 Å². The molecule has 0 aliphatic carbocycles. The van der Waals surface area contributed by atoms with E-state index in [0.29, 0.717) is 17.3 Å². The number of aromatic nitrogens is 4. The number of hydrogen-bond acceptors (Lipinski definition) is 5. The molecule has 3 aromatic heterocycles. The Balaban J connectivity index is 0.00000410. The van der Waals surface area contributed by atoms with Crippen LogP contribution >= 0.6 is 0 Å². The third kappa shape index (κ3) is 5.96. The van der Waals surface area contributed by atoms with Gasteiger partial charge in [0.15, 0.2) is 0 Å². The van der Waals surface area contributed by atoms with Gasteiger partial charge in [-0.05, 0) is 79.7 Å². The van der Waals surface area contributed by atoms with Crippen molar-refractivity contribution in [3.63, 3.8) is 0 Å². The van der Waals surface area contributed by atoms with Gasteiger partial charge in [-0.3, -0.25) is 4.98 Å². The molecule has 6 aromatic carbocycles. The van der Waals surface area contributed by atoms with E-state index in [0.717, 1.165) is 55.9 Å². The van der Waals surface area contributed by atoms with Gasteiger partial charge in [-0.1, -0.05) is 83.7 Å². The van der Waals surface area contributed by atoms with Gasteiger partial charge in [0.05, 0.1) is 11.6 Å². The van der Waals surface area contributed by atoms with Gasteiger partial charge in [0.2, 0.25) is 0 Å². The molecule has 276 valence electrons. The smallest absolute Gasteiger partial charge is 0.129 e. The van der Waals surface area contributed by atoms with Gasteiger partial charge in [-0.2, -0.15) is 6.07 Å². The average molecular weight is 907 g/mol. The quantitative estimate of drug-likeness (QED) is 0.149. The predicted molar refractivity (Wildman–Crippen MR) is 221 cm³/mol. The van der Waals surface area contributed by atoms with Crippen molar-refractivity contribution >= 4 is 44.6 Å². The largest absolute Gasteiger partial charge is 0.501 e. The summed E-state index contributed by atoms with van der Waals surface area (Å²) in [6.45, 7) is 8.66. The predicted octanol–water partition coefficient (Wildman–Crippen LogP) is 11.8. The molecule has 0 atom stereocenters. The van der Waals surface area contributed by atoms with Crippen molar-refractivity contribution in [3.05, 3.63) is 188 Å². The number of ether oxygens (including phenoxy) is 1. The molecule has 8 heteroatoms. The minimum Gasteiger partial charge on any atom is -0.501 e. The van der Waals surface area contributed by atoms with Crippen LogP contribution in [0.2, 0.25) is 0 Å². The molecule has 4 heterocycles. The van der Waals surface area contributed by atoms with Crippen LogP contribution in [0.5, 0.6) is 11.5 Å². The topological polar surface area (TPSA) is 51.4 Å². The molecule has 0 radical (unpaired) electrons. The zero-order chi connectivity index (χ0) is 37.0. The number of pyridine rings is 1. The second kappa shape index (κ2) is 14.3. The fourth-order valence-electron chi connectivity index (χ4n) is 8.00. The first kappa shape index (κ1) is 35.3. The van der Waals surface area contributed by atoms with Crippen LogP contribution in [0.4, 0.5) is 22.7 Å².